The number of amides is 2. The Bertz CT molecular complexity index is 702. The quantitative estimate of drug-likeness (QED) is 0.872. The number of nitrogens with one attached hydrogen (secondary N) is 1. The van der Waals surface area contributed by atoms with E-state index in [4.69, 9.17) is 0 Å². The van der Waals surface area contributed by atoms with Crippen molar-refractivity contribution in [1.29, 1.82) is 0 Å². The minimum atomic E-state index is -2.89. The average molecular weight is 355 g/mol. The van der Waals surface area contributed by atoms with Gasteiger partial charge < -0.3 is 10.2 Å². The molecule has 2 saturated heterocycles. The predicted octanol–water partition coefficient (Wildman–Crippen LogP) is 0.840. The van der Waals surface area contributed by atoms with Gasteiger partial charge in [-0.1, -0.05) is 18.2 Å². The number of hydrogen-bond donors (Lipinski definition) is 1. The zero-order chi connectivity index (χ0) is 17.2. The van der Waals surface area contributed by atoms with Crippen molar-refractivity contribution in [3.05, 3.63) is 35.6 Å². The maximum absolute atomic E-state index is 13.5. The van der Waals surface area contributed by atoms with E-state index in [0.29, 0.717) is 38.2 Å². The Morgan fingerprint density at radius 2 is 1.92 bits per heavy atom. The van der Waals surface area contributed by atoms with Crippen molar-refractivity contribution in [3.63, 3.8) is 0 Å². The van der Waals surface area contributed by atoms with E-state index in [9.17, 15) is 17.6 Å². The molecule has 24 heavy (non-hydrogen) atoms. The van der Waals surface area contributed by atoms with Gasteiger partial charge in [0.15, 0.2) is 9.84 Å². The summed E-state index contributed by atoms with van der Waals surface area (Å²) in [6.07, 6.45) is 0.682. The highest BCUT2D eigenvalue weighted by Gasteiger charge is 2.34. The van der Waals surface area contributed by atoms with Crippen LogP contribution < -0.4 is 5.32 Å². The lowest BCUT2D eigenvalue weighted by Gasteiger charge is -2.37. The molecule has 1 unspecified atom stereocenters. The Labute approximate surface area is 141 Å². The molecule has 1 atom stereocenters. The normalized spacial score (nSPS) is 24.0. The molecule has 2 amide bonds. The molecule has 0 aromatic heterocycles. The minimum Gasteiger partial charge on any atom is -0.334 e. The smallest absolute Gasteiger partial charge is 0.317 e. The molecule has 2 aliphatic rings. The van der Waals surface area contributed by atoms with E-state index < -0.39 is 9.84 Å². The van der Waals surface area contributed by atoms with Gasteiger partial charge in [-0.05, 0) is 12.5 Å². The summed E-state index contributed by atoms with van der Waals surface area (Å²) in [5.41, 5.74) is 0.459. The minimum absolute atomic E-state index is 0.0821. The summed E-state index contributed by atoms with van der Waals surface area (Å²) >= 11 is 0. The molecule has 2 heterocycles. The van der Waals surface area contributed by atoms with E-state index in [1.54, 1.807) is 23.1 Å². The van der Waals surface area contributed by atoms with E-state index in [2.05, 4.69) is 10.2 Å². The largest absolute Gasteiger partial charge is 0.334 e. The topological polar surface area (TPSA) is 69.7 Å². The molecular formula is C16H22FN3O3S. The number of benzene rings is 1. The maximum Gasteiger partial charge on any atom is 0.317 e. The summed E-state index contributed by atoms with van der Waals surface area (Å²) in [5, 5.41) is 2.74. The van der Waals surface area contributed by atoms with Crippen LogP contribution in [0.15, 0.2) is 24.3 Å². The van der Waals surface area contributed by atoms with E-state index in [1.807, 2.05) is 0 Å². The number of rotatable bonds is 3. The monoisotopic (exact) mass is 355 g/mol. The molecule has 8 heteroatoms. The third-order valence-electron chi connectivity index (χ3n) is 4.71. The highest BCUT2D eigenvalue weighted by atomic mass is 32.2. The highest BCUT2D eigenvalue weighted by molar-refractivity contribution is 7.91. The second-order valence-corrected chi connectivity index (χ2v) is 8.56. The third-order valence-corrected chi connectivity index (χ3v) is 6.46. The van der Waals surface area contributed by atoms with Gasteiger partial charge in [-0.15, -0.1) is 0 Å². The van der Waals surface area contributed by atoms with Crippen LogP contribution in [0.1, 0.15) is 12.0 Å². The summed E-state index contributed by atoms with van der Waals surface area (Å²) < 4.78 is 36.7. The highest BCUT2D eigenvalue weighted by Crippen LogP contribution is 2.19. The fourth-order valence-corrected chi connectivity index (χ4v) is 5.04. The second kappa shape index (κ2) is 7.06. The van der Waals surface area contributed by atoms with Crippen molar-refractivity contribution in [3.8, 4) is 0 Å². The van der Waals surface area contributed by atoms with E-state index >= 15 is 0 Å². The molecule has 2 aliphatic heterocycles. The van der Waals surface area contributed by atoms with Gasteiger partial charge in [0.05, 0.1) is 11.5 Å². The molecule has 2 fully saturated rings. The predicted molar refractivity (Wildman–Crippen MR) is 88.8 cm³/mol. The van der Waals surface area contributed by atoms with Crippen LogP contribution in [0.5, 0.6) is 0 Å². The third kappa shape index (κ3) is 4.05. The van der Waals surface area contributed by atoms with Gasteiger partial charge in [0.2, 0.25) is 0 Å². The van der Waals surface area contributed by atoms with E-state index in [-0.39, 0.29) is 35.9 Å². The molecule has 1 N–H and O–H groups in total. The number of carbonyl (C=O) groups is 1. The van der Waals surface area contributed by atoms with Crippen molar-refractivity contribution in [2.75, 3.05) is 37.7 Å². The van der Waals surface area contributed by atoms with Crippen LogP contribution >= 0.6 is 0 Å². The van der Waals surface area contributed by atoms with Gasteiger partial charge in [-0.2, -0.15) is 0 Å². The van der Waals surface area contributed by atoms with E-state index in [1.165, 1.54) is 6.07 Å². The van der Waals surface area contributed by atoms with Crippen LogP contribution in [0.25, 0.3) is 0 Å². The summed E-state index contributed by atoms with van der Waals surface area (Å²) in [6.45, 7) is 2.62. The van der Waals surface area contributed by atoms with Gasteiger partial charge in [0.25, 0.3) is 0 Å². The number of urea groups is 1. The summed E-state index contributed by atoms with van der Waals surface area (Å²) in [4.78, 5) is 16.0. The molecule has 132 valence electrons. The van der Waals surface area contributed by atoms with Crippen LogP contribution in [0.4, 0.5) is 9.18 Å². The Morgan fingerprint density at radius 3 is 2.54 bits per heavy atom. The first-order chi connectivity index (χ1) is 11.4. The Hall–Kier alpha value is -1.67. The fourth-order valence-electron chi connectivity index (χ4n) is 3.28. The average Bonchev–Trinajstić information content (AvgIpc) is 2.94. The molecular weight excluding hydrogens is 333 g/mol. The lowest BCUT2D eigenvalue weighted by molar-refractivity contribution is 0.115. The van der Waals surface area contributed by atoms with Crippen LogP contribution in [0.3, 0.4) is 0 Å². The molecule has 0 aliphatic carbocycles. The van der Waals surface area contributed by atoms with Crippen molar-refractivity contribution in [1.82, 2.24) is 15.1 Å². The molecule has 6 nitrogen and oxygen atoms in total. The number of halogens is 1. The lowest BCUT2D eigenvalue weighted by Crippen LogP contribution is -2.54. The molecule has 1 aromatic rings. The summed E-state index contributed by atoms with van der Waals surface area (Å²) in [7, 11) is -2.89. The van der Waals surface area contributed by atoms with Gasteiger partial charge in [0.1, 0.15) is 5.82 Å². The Kier molecular flexibility index (Phi) is 5.05. The zero-order valence-corrected chi connectivity index (χ0v) is 14.3. The van der Waals surface area contributed by atoms with Crippen molar-refractivity contribution >= 4 is 15.9 Å². The molecule has 1 aromatic carbocycles. The Balaban J connectivity index is 1.46. The van der Waals surface area contributed by atoms with Crippen LogP contribution in [-0.2, 0) is 16.4 Å². The van der Waals surface area contributed by atoms with Crippen LogP contribution in [0, 0.1) is 5.82 Å². The summed E-state index contributed by atoms with van der Waals surface area (Å²) in [5.74, 6) is 0.165. The van der Waals surface area contributed by atoms with Crippen LogP contribution in [-0.4, -0.2) is 68.0 Å². The maximum atomic E-state index is 13.5. The molecule has 3 rings (SSSR count). The number of piperazine rings is 1. The first-order valence-electron chi connectivity index (χ1n) is 8.15. The van der Waals surface area contributed by atoms with Gasteiger partial charge in [-0.3, -0.25) is 4.90 Å². The zero-order valence-electron chi connectivity index (χ0n) is 13.4. The molecule has 0 spiro atoms. The van der Waals surface area contributed by atoms with Gasteiger partial charge in [-0.25, -0.2) is 17.6 Å². The lowest BCUT2D eigenvalue weighted by atomic mass is 10.2. The van der Waals surface area contributed by atoms with Crippen molar-refractivity contribution < 1.29 is 17.6 Å². The molecule has 0 radical (unpaired) electrons. The first kappa shape index (κ1) is 17.2. The van der Waals surface area contributed by atoms with Crippen molar-refractivity contribution in [2.45, 2.75) is 19.0 Å². The standard InChI is InChI=1S/C16H22FN3O3S/c17-15-4-2-1-3-13(15)11-18-16(21)20-8-6-19(7-9-20)14-5-10-24(22,23)12-14/h1-4,14H,5-12H2,(H,18,21). The number of sulfone groups is 1. The number of hydrogen-bond acceptors (Lipinski definition) is 4. The molecule has 0 saturated carbocycles. The van der Waals surface area contributed by atoms with Gasteiger partial charge in [0, 0.05) is 44.3 Å². The van der Waals surface area contributed by atoms with E-state index in [0.717, 1.165) is 0 Å². The second-order valence-electron chi connectivity index (χ2n) is 6.33. The summed E-state index contributed by atoms with van der Waals surface area (Å²) in [6, 6.07) is 6.24. The first-order valence-corrected chi connectivity index (χ1v) is 9.97. The van der Waals surface area contributed by atoms with Crippen molar-refractivity contribution in [2.24, 2.45) is 0 Å². The van der Waals surface area contributed by atoms with Gasteiger partial charge >= 0.3 is 6.03 Å². The SMILES string of the molecule is O=C(NCc1ccccc1F)N1CCN(C2CCS(=O)(=O)C2)CC1. The number of carbonyl (C=O) groups excluding carboxylic acids is 1. The number of nitrogens with zero attached hydrogens (tertiary/aromatic N) is 2. The Morgan fingerprint density at radius 1 is 1.21 bits per heavy atom. The molecule has 0 bridgehead atoms. The van der Waals surface area contributed by atoms with Crippen LogP contribution in [0.2, 0.25) is 0 Å². The fraction of sp³-hybridized carbons (Fsp3) is 0.562.